The van der Waals surface area contributed by atoms with Crippen LogP contribution in [0.3, 0.4) is 0 Å². The molecule has 1 aromatic carbocycles. The summed E-state index contributed by atoms with van der Waals surface area (Å²) in [5.74, 6) is 0.969. The number of nitrogens with zero attached hydrogens (tertiary/aromatic N) is 2. The van der Waals surface area contributed by atoms with Crippen molar-refractivity contribution in [3.63, 3.8) is 0 Å². The quantitative estimate of drug-likeness (QED) is 0.804. The number of carbonyl (C=O) groups excluding carboxylic acids is 2. The first-order valence-electron chi connectivity index (χ1n) is 9.11. The minimum Gasteiger partial charge on any atom is -0.459 e. The van der Waals surface area contributed by atoms with Crippen LogP contribution in [0, 0.1) is 11.7 Å². The van der Waals surface area contributed by atoms with Gasteiger partial charge in [-0.2, -0.15) is 0 Å². The van der Waals surface area contributed by atoms with Crippen LogP contribution in [-0.2, 0) is 4.79 Å². The Morgan fingerprint density at radius 3 is 2.59 bits per heavy atom. The number of thioether (sulfide) groups is 1. The smallest absolute Gasteiger partial charge is 0.289 e. The van der Waals surface area contributed by atoms with Crippen LogP contribution in [0.15, 0.2) is 47.1 Å². The number of piperidine rings is 1. The maximum Gasteiger partial charge on any atom is 0.289 e. The zero-order valence-electron chi connectivity index (χ0n) is 14.8. The lowest BCUT2D eigenvalue weighted by molar-refractivity contribution is -0.128. The highest BCUT2D eigenvalue weighted by Crippen LogP contribution is 2.39. The molecular weight excluding hydrogens is 367 g/mol. The van der Waals surface area contributed by atoms with E-state index in [-0.39, 0.29) is 23.0 Å². The fourth-order valence-corrected chi connectivity index (χ4v) is 4.91. The predicted octanol–water partition coefficient (Wildman–Crippen LogP) is 3.55. The second-order valence-electron chi connectivity index (χ2n) is 6.97. The van der Waals surface area contributed by atoms with Gasteiger partial charge in [-0.05, 0) is 48.6 Å². The van der Waals surface area contributed by atoms with Crippen LogP contribution < -0.4 is 0 Å². The molecule has 0 bridgehead atoms. The number of carbonyl (C=O) groups is 2. The van der Waals surface area contributed by atoms with Gasteiger partial charge in [0.1, 0.15) is 11.2 Å². The van der Waals surface area contributed by atoms with Gasteiger partial charge in [-0.3, -0.25) is 9.59 Å². The highest BCUT2D eigenvalue weighted by Gasteiger charge is 2.35. The number of likely N-dealkylation sites (tertiary alicyclic amines) is 1. The Bertz CT molecular complexity index is 801. The van der Waals surface area contributed by atoms with Crippen molar-refractivity contribution < 1.29 is 18.4 Å². The number of rotatable bonds is 4. The second kappa shape index (κ2) is 7.76. The second-order valence-corrected chi connectivity index (χ2v) is 8.04. The topological polar surface area (TPSA) is 53.8 Å². The van der Waals surface area contributed by atoms with E-state index < -0.39 is 0 Å². The van der Waals surface area contributed by atoms with Gasteiger partial charge in [0.05, 0.1) is 12.0 Å². The average Bonchev–Trinajstić information content (AvgIpc) is 3.34. The molecule has 0 N–H and O–H groups in total. The normalized spacial score (nSPS) is 21.1. The molecule has 0 unspecified atom stereocenters. The number of amides is 2. The molecule has 7 heteroatoms. The van der Waals surface area contributed by atoms with E-state index in [1.165, 1.54) is 18.4 Å². The summed E-state index contributed by atoms with van der Waals surface area (Å²) in [5.41, 5.74) is 0.956. The Balaban J connectivity index is 1.36. The molecule has 0 aliphatic carbocycles. The molecular formula is C20H21FN2O3S. The Kier molecular flexibility index (Phi) is 5.20. The van der Waals surface area contributed by atoms with Crippen molar-refractivity contribution in [2.24, 2.45) is 5.92 Å². The zero-order valence-corrected chi connectivity index (χ0v) is 15.7. The van der Waals surface area contributed by atoms with E-state index in [1.54, 1.807) is 36.0 Å². The molecule has 0 radical (unpaired) electrons. The highest BCUT2D eigenvalue weighted by molar-refractivity contribution is 8.00. The van der Waals surface area contributed by atoms with Gasteiger partial charge in [-0.25, -0.2) is 4.39 Å². The van der Waals surface area contributed by atoms with Crippen molar-refractivity contribution in [2.75, 3.05) is 25.4 Å². The standard InChI is InChI=1S/C20H21FN2O3S/c21-16-5-3-15(4-6-16)20-23(18(24)13-27-20)12-14-7-9-22(10-8-14)19(25)17-2-1-11-26-17/h1-6,11,14,20H,7-10,12-13H2/t20-/m0/s1. The lowest BCUT2D eigenvalue weighted by Gasteiger charge is -2.35. The van der Waals surface area contributed by atoms with Crippen LogP contribution in [-0.4, -0.2) is 47.0 Å². The molecule has 0 saturated carbocycles. The molecule has 2 aromatic rings. The van der Waals surface area contributed by atoms with Gasteiger partial charge in [0.15, 0.2) is 5.76 Å². The summed E-state index contributed by atoms with van der Waals surface area (Å²) >= 11 is 1.59. The molecule has 2 saturated heterocycles. The van der Waals surface area contributed by atoms with Gasteiger partial charge in [0.2, 0.25) is 5.91 Å². The fraction of sp³-hybridized carbons (Fsp3) is 0.400. The third-order valence-corrected chi connectivity index (χ3v) is 6.47. The number of hydrogen-bond acceptors (Lipinski definition) is 4. The predicted molar refractivity (Wildman–Crippen MR) is 101 cm³/mol. The van der Waals surface area contributed by atoms with Crippen LogP contribution in [0.4, 0.5) is 4.39 Å². The molecule has 1 aromatic heterocycles. The van der Waals surface area contributed by atoms with Crippen molar-refractivity contribution in [1.82, 2.24) is 9.80 Å². The lowest BCUT2D eigenvalue weighted by atomic mass is 9.95. The molecule has 4 rings (SSSR count). The summed E-state index contributed by atoms with van der Waals surface area (Å²) in [6, 6.07) is 9.78. The Morgan fingerprint density at radius 2 is 1.93 bits per heavy atom. The van der Waals surface area contributed by atoms with Crippen molar-refractivity contribution in [3.8, 4) is 0 Å². The summed E-state index contributed by atoms with van der Waals surface area (Å²) < 4.78 is 18.4. The number of hydrogen-bond donors (Lipinski definition) is 0. The Hall–Kier alpha value is -2.28. The molecule has 1 atom stereocenters. The van der Waals surface area contributed by atoms with E-state index >= 15 is 0 Å². The first-order chi connectivity index (χ1) is 13.1. The van der Waals surface area contributed by atoms with Crippen LogP contribution in [0.2, 0.25) is 0 Å². The fourth-order valence-electron chi connectivity index (χ4n) is 3.71. The first-order valence-corrected chi connectivity index (χ1v) is 10.2. The third kappa shape index (κ3) is 3.88. The molecule has 27 heavy (non-hydrogen) atoms. The van der Waals surface area contributed by atoms with E-state index in [1.807, 2.05) is 9.80 Å². The Labute approximate surface area is 161 Å². The van der Waals surface area contributed by atoms with Crippen LogP contribution in [0.1, 0.15) is 34.3 Å². The van der Waals surface area contributed by atoms with Gasteiger partial charge in [-0.15, -0.1) is 11.8 Å². The summed E-state index contributed by atoms with van der Waals surface area (Å²) in [5, 5.41) is -0.0547. The molecule has 0 spiro atoms. The van der Waals surface area contributed by atoms with Gasteiger partial charge >= 0.3 is 0 Å². The largest absolute Gasteiger partial charge is 0.459 e. The number of halogens is 1. The summed E-state index contributed by atoms with van der Waals surface area (Å²) in [6.07, 6.45) is 3.22. The van der Waals surface area contributed by atoms with Crippen LogP contribution in [0.25, 0.3) is 0 Å². The highest BCUT2D eigenvalue weighted by atomic mass is 32.2. The van der Waals surface area contributed by atoms with Crippen LogP contribution >= 0.6 is 11.8 Å². The summed E-state index contributed by atoms with van der Waals surface area (Å²) in [4.78, 5) is 28.5. The zero-order chi connectivity index (χ0) is 18.8. The van der Waals surface area contributed by atoms with E-state index in [9.17, 15) is 14.0 Å². The van der Waals surface area contributed by atoms with Gasteiger partial charge in [0.25, 0.3) is 5.91 Å². The van der Waals surface area contributed by atoms with E-state index in [0.29, 0.717) is 37.1 Å². The van der Waals surface area contributed by atoms with Gasteiger partial charge in [-0.1, -0.05) is 12.1 Å². The Morgan fingerprint density at radius 1 is 1.19 bits per heavy atom. The third-order valence-electron chi connectivity index (χ3n) is 5.21. The van der Waals surface area contributed by atoms with E-state index in [0.717, 1.165) is 18.4 Å². The SMILES string of the molecule is O=C(c1ccco1)N1CCC(CN2C(=O)CS[C@H]2c2ccc(F)cc2)CC1. The van der Waals surface area contributed by atoms with Crippen molar-refractivity contribution in [3.05, 3.63) is 59.8 Å². The molecule has 142 valence electrons. The summed E-state index contributed by atoms with van der Waals surface area (Å²) in [6.45, 7) is 2.01. The monoisotopic (exact) mass is 388 g/mol. The molecule has 3 heterocycles. The van der Waals surface area contributed by atoms with Gasteiger partial charge < -0.3 is 14.2 Å². The average molecular weight is 388 g/mol. The number of benzene rings is 1. The van der Waals surface area contributed by atoms with Gasteiger partial charge in [0, 0.05) is 19.6 Å². The minimum absolute atomic E-state index is 0.0547. The van der Waals surface area contributed by atoms with Crippen molar-refractivity contribution in [1.29, 1.82) is 0 Å². The maximum atomic E-state index is 13.2. The van der Waals surface area contributed by atoms with Crippen LogP contribution in [0.5, 0.6) is 0 Å². The molecule has 5 nitrogen and oxygen atoms in total. The van der Waals surface area contributed by atoms with E-state index in [2.05, 4.69) is 0 Å². The number of furan rings is 1. The summed E-state index contributed by atoms with van der Waals surface area (Å²) in [7, 11) is 0. The maximum absolute atomic E-state index is 13.2. The molecule has 2 amide bonds. The lowest BCUT2D eigenvalue weighted by Crippen LogP contribution is -2.42. The first kappa shape index (κ1) is 18.1. The molecule has 2 fully saturated rings. The molecule has 2 aliphatic heterocycles. The van der Waals surface area contributed by atoms with Crippen molar-refractivity contribution in [2.45, 2.75) is 18.2 Å². The van der Waals surface area contributed by atoms with Crippen molar-refractivity contribution >= 4 is 23.6 Å². The molecule has 2 aliphatic rings. The minimum atomic E-state index is -0.270. The van der Waals surface area contributed by atoms with E-state index in [4.69, 9.17) is 4.42 Å².